The van der Waals surface area contributed by atoms with Crippen LogP contribution in [0.25, 0.3) is 11.0 Å². The van der Waals surface area contributed by atoms with Crippen LogP contribution in [0.5, 0.6) is 17.2 Å². The van der Waals surface area contributed by atoms with E-state index in [0.717, 1.165) is 66.1 Å². The standard InChI is InChI=1S/C9H8N2OS.C8H8N2O3.C8H10N2O.C3H6OS2.C2H6O.K/c13-9-10-6-3-5-1-2-12-8(5)4-7(6)11-9;9-6-3-5-1-2-13-8(5)4-7(6)10(11)12;9-6-3-5-1-2-11-8(5)4-7(6)10;1-2-4-3(5)6;1-2-3;/h3-4H,1-2H2,(H2,10,11,13);3-4H,1-2,9H2;3-4H,1-2,9-10H2;2H2,1H3,(H,5,6);3H,2H2,1H3;/q;;;;;+1/p-1. The van der Waals surface area contributed by atoms with Gasteiger partial charge in [-0.2, -0.15) is 0 Å². The molecule has 0 atom stereocenters. The summed E-state index contributed by atoms with van der Waals surface area (Å²) in [6.45, 7) is 6.48. The molecule has 0 saturated carbocycles. The van der Waals surface area contributed by atoms with Gasteiger partial charge in [0.25, 0.3) is 5.69 Å². The van der Waals surface area contributed by atoms with Gasteiger partial charge < -0.3 is 76.1 Å². The Bertz CT molecular complexity index is 1660. The molecule has 13 nitrogen and oxygen atoms in total. The van der Waals surface area contributed by atoms with Crippen molar-refractivity contribution in [1.82, 2.24) is 9.97 Å². The molecule has 0 amide bonds. The van der Waals surface area contributed by atoms with Crippen molar-refractivity contribution in [2.75, 3.05) is 50.2 Å². The number of hydrogen-bond donors (Lipinski definition) is 6. The number of nitro benzene ring substituents is 1. The van der Waals surface area contributed by atoms with Gasteiger partial charge in [0.1, 0.15) is 22.9 Å². The van der Waals surface area contributed by atoms with Gasteiger partial charge in [-0.05, 0) is 55.4 Å². The summed E-state index contributed by atoms with van der Waals surface area (Å²) >= 11 is 13.8. The van der Waals surface area contributed by atoms with E-state index in [1.54, 1.807) is 19.1 Å². The monoisotopic (exact) mass is 728 g/mol. The molecule has 9 N–H and O–H groups in total. The first-order chi connectivity index (χ1) is 22.0. The summed E-state index contributed by atoms with van der Waals surface area (Å²) in [5.41, 5.74) is 23.5. The maximum Gasteiger partial charge on any atom is 1.00 e. The minimum atomic E-state index is -0.503. The van der Waals surface area contributed by atoms with Crippen LogP contribution in [-0.2, 0) is 36.6 Å². The number of nitrogen functional groups attached to an aromatic ring is 3. The average Bonchev–Trinajstić information content (AvgIpc) is 3.79. The van der Waals surface area contributed by atoms with E-state index in [1.165, 1.54) is 11.6 Å². The molecule has 1 aromatic heterocycles. The fourth-order valence-electron chi connectivity index (χ4n) is 4.48. The molecule has 3 aliphatic rings. The second-order valence-electron chi connectivity index (χ2n) is 9.74. The van der Waals surface area contributed by atoms with Crippen LogP contribution in [-0.4, -0.2) is 57.4 Å². The number of nitrogens with two attached hydrogens (primary N) is 3. The predicted octanol–water partition coefficient (Wildman–Crippen LogP) is 1.92. The fraction of sp³-hybridized carbons (Fsp3) is 0.333. The molecule has 0 spiro atoms. The smallest absolute Gasteiger partial charge is 0.514 e. The summed E-state index contributed by atoms with van der Waals surface area (Å²) in [5.74, 6) is 2.45. The molecule has 4 aromatic rings. The zero-order chi connectivity index (χ0) is 33.8. The molecular weight excluding hydrogens is 692 g/mol. The molecule has 0 fully saturated rings. The van der Waals surface area contributed by atoms with E-state index in [1.807, 2.05) is 19.1 Å². The summed E-state index contributed by atoms with van der Waals surface area (Å²) < 4.78 is 21.4. The number of rotatable bonds is 2. The van der Waals surface area contributed by atoms with E-state index < -0.39 is 4.92 Å². The van der Waals surface area contributed by atoms with Crippen LogP contribution in [0.4, 0.5) is 22.7 Å². The van der Waals surface area contributed by atoms with Gasteiger partial charge in [-0.1, -0.05) is 0 Å². The van der Waals surface area contributed by atoms with Crippen molar-refractivity contribution >= 4 is 75.2 Å². The molecule has 0 saturated heterocycles. The van der Waals surface area contributed by atoms with Gasteiger partial charge in [-0.15, -0.1) is 0 Å². The number of anilines is 3. The number of imidazole rings is 1. The quantitative estimate of drug-likeness (QED) is 0.0436. The van der Waals surface area contributed by atoms with Crippen molar-refractivity contribution in [2.45, 2.75) is 33.1 Å². The van der Waals surface area contributed by atoms with E-state index in [4.69, 9.17) is 48.7 Å². The van der Waals surface area contributed by atoms with E-state index in [-0.39, 0.29) is 73.7 Å². The van der Waals surface area contributed by atoms with Crippen molar-refractivity contribution in [3.05, 3.63) is 68.0 Å². The molecule has 3 aromatic carbocycles. The van der Waals surface area contributed by atoms with Crippen molar-refractivity contribution in [1.29, 1.82) is 0 Å². The van der Waals surface area contributed by atoms with Crippen LogP contribution in [0.1, 0.15) is 30.5 Å². The Hall–Kier alpha value is -2.74. The Balaban J connectivity index is 0.000000217. The topological polar surface area (TPSA) is 210 Å². The second-order valence-corrected chi connectivity index (χ2v) is 11.2. The van der Waals surface area contributed by atoms with Gasteiger partial charge in [0.05, 0.1) is 59.8 Å². The number of benzene rings is 3. The summed E-state index contributed by atoms with van der Waals surface area (Å²) in [6.07, 6.45) is 2.72. The first-order valence-corrected chi connectivity index (χ1v) is 15.5. The van der Waals surface area contributed by atoms with Gasteiger partial charge in [0.15, 0.2) is 4.77 Å². The Kier molecular flexibility index (Phi) is 17.1. The van der Waals surface area contributed by atoms with E-state index >= 15 is 0 Å². The van der Waals surface area contributed by atoms with Crippen LogP contribution in [0.2, 0.25) is 0 Å². The van der Waals surface area contributed by atoms with E-state index in [9.17, 15) is 10.1 Å². The van der Waals surface area contributed by atoms with Crippen LogP contribution >= 0.6 is 24.4 Å². The number of aliphatic hydroxyl groups excluding tert-OH is 1. The van der Waals surface area contributed by atoms with Crippen molar-refractivity contribution in [3.8, 4) is 17.2 Å². The maximum absolute atomic E-state index is 10.5. The Morgan fingerprint density at radius 2 is 1.30 bits per heavy atom. The first kappa shape index (κ1) is 40.4. The number of ether oxygens (including phenoxy) is 4. The number of aromatic amines is 2. The first-order valence-electron chi connectivity index (χ1n) is 14.3. The summed E-state index contributed by atoms with van der Waals surface area (Å²) in [4.78, 5) is 16.1. The average molecular weight is 729 g/mol. The van der Waals surface area contributed by atoms with Crippen molar-refractivity contribution in [3.63, 3.8) is 0 Å². The number of hydrogen-bond acceptors (Lipinski definition) is 13. The molecule has 0 unspecified atom stereocenters. The Morgan fingerprint density at radius 3 is 1.77 bits per heavy atom. The predicted molar refractivity (Wildman–Crippen MR) is 188 cm³/mol. The molecule has 47 heavy (non-hydrogen) atoms. The molecule has 0 radical (unpaired) electrons. The van der Waals surface area contributed by atoms with Gasteiger partial charge in [0, 0.05) is 47.9 Å². The number of aliphatic hydroxyl groups is 1. The number of nitrogens with zero attached hydrogens (tertiary/aromatic N) is 1. The van der Waals surface area contributed by atoms with Gasteiger partial charge in [0.2, 0.25) is 0 Å². The third-order valence-corrected chi connectivity index (χ3v) is 6.96. The van der Waals surface area contributed by atoms with E-state index in [0.29, 0.717) is 35.1 Å². The van der Waals surface area contributed by atoms with Crippen LogP contribution in [0.15, 0.2) is 36.4 Å². The van der Waals surface area contributed by atoms with Gasteiger partial charge >= 0.3 is 51.4 Å². The van der Waals surface area contributed by atoms with Crippen molar-refractivity contribution in [2.24, 2.45) is 0 Å². The summed E-state index contributed by atoms with van der Waals surface area (Å²) in [7, 11) is 0. The maximum atomic E-state index is 10.5. The third-order valence-electron chi connectivity index (χ3n) is 6.52. The SMILES string of the molecule is CCO.CCOC(=S)[S-].Nc1cc2c(cc1N)OCC2.Nc1cc2c(cc1[N+](=O)[O-])OCC2.S=c1[nH]c2cc3c(cc2[nH]1)OCC3.[K+]. The minimum absolute atomic E-state index is 0. The number of nitro groups is 1. The second kappa shape index (κ2) is 19.9. The minimum Gasteiger partial charge on any atom is -0.514 e. The van der Waals surface area contributed by atoms with Crippen LogP contribution < -0.4 is 82.8 Å². The number of fused-ring (bicyclic) bond motifs is 4. The Labute approximate surface area is 330 Å². The number of aromatic nitrogens is 2. The zero-order valence-electron chi connectivity index (χ0n) is 26.4. The molecule has 0 aliphatic carbocycles. The molecule has 248 valence electrons. The molecule has 3 aliphatic heterocycles. The molecular formula is C30H37KN6O7S3. The summed E-state index contributed by atoms with van der Waals surface area (Å²) in [5, 5.41) is 18.1. The van der Waals surface area contributed by atoms with Gasteiger partial charge in [-0.3, -0.25) is 10.1 Å². The summed E-state index contributed by atoms with van der Waals surface area (Å²) in [6, 6.07) is 10.8. The molecule has 17 heteroatoms. The number of H-pyrrole nitrogens is 2. The number of nitrogens with one attached hydrogen (secondary N) is 2. The van der Waals surface area contributed by atoms with Crippen LogP contribution in [0, 0.1) is 14.9 Å². The molecule has 7 rings (SSSR count). The van der Waals surface area contributed by atoms with E-state index in [2.05, 4.69) is 45.6 Å². The normalized spacial score (nSPS) is 12.4. The van der Waals surface area contributed by atoms with Crippen molar-refractivity contribution < 1.29 is 80.4 Å². The van der Waals surface area contributed by atoms with Crippen LogP contribution in [0.3, 0.4) is 0 Å². The zero-order valence-corrected chi connectivity index (χ0v) is 32.0. The number of thiocarbonyl (C=S) groups is 1. The molecule has 0 bridgehead atoms. The third kappa shape index (κ3) is 12.0. The van der Waals surface area contributed by atoms with Gasteiger partial charge in [-0.25, -0.2) is 0 Å². The molecule has 4 heterocycles. The largest absolute Gasteiger partial charge is 1.00 e. The fourth-order valence-corrected chi connectivity index (χ4v) is 4.93. The Morgan fingerprint density at radius 1 is 0.872 bits per heavy atom.